The van der Waals surface area contributed by atoms with Crippen molar-refractivity contribution in [2.24, 2.45) is 0 Å². The molecule has 0 radical (unpaired) electrons. The Morgan fingerprint density at radius 1 is 0.929 bits per heavy atom. The summed E-state index contributed by atoms with van der Waals surface area (Å²) in [7, 11) is 0. The molecule has 3 nitrogen and oxygen atoms in total. The lowest BCUT2D eigenvalue weighted by Gasteiger charge is -1.99. The Balaban J connectivity index is 2.61. The first kappa shape index (κ1) is 7.38. The van der Waals surface area contributed by atoms with Gasteiger partial charge in [0.05, 0.1) is 11.0 Å². The van der Waals surface area contributed by atoms with Crippen LogP contribution < -0.4 is 0 Å². The highest BCUT2D eigenvalue weighted by Crippen LogP contribution is 2.19. The lowest BCUT2D eigenvalue weighted by atomic mass is 10.2. The van der Waals surface area contributed by atoms with Crippen LogP contribution >= 0.6 is 0 Å². The van der Waals surface area contributed by atoms with Crippen LogP contribution in [-0.2, 0) is 0 Å². The molecule has 0 N–H and O–H groups in total. The van der Waals surface area contributed by atoms with Gasteiger partial charge in [-0.3, -0.25) is 15.0 Å². The Bertz CT molecular complexity index is 550. The van der Waals surface area contributed by atoms with Gasteiger partial charge in [-0.05, 0) is 18.2 Å². The van der Waals surface area contributed by atoms with E-state index in [0.29, 0.717) is 0 Å². The molecule has 0 unspecified atom stereocenters. The van der Waals surface area contributed by atoms with Gasteiger partial charge in [-0.1, -0.05) is 0 Å². The van der Waals surface area contributed by atoms with E-state index in [1.807, 2.05) is 24.4 Å². The molecular formula is C11H7N3. The van der Waals surface area contributed by atoms with Crippen LogP contribution in [0.1, 0.15) is 0 Å². The van der Waals surface area contributed by atoms with Crippen LogP contribution in [0.5, 0.6) is 0 Å². The molecule has 0 saturated heterocycles. The summed E-state index contributed by atoms with van der Waals surface area (Å²) >= 11 is 0. The Labute approximate surface area is 80.5 Å². The number of fused-ring (bicyclic) bond motifs is 3. The summed E-state index contributed by atoms with van der Waals surface area (Å²) in [5.41, 5.74) is 1.86. The summed E-state index contributed by atoms with van der Waals surface area (Å²) in [6, 6.07) is 5.82. The molecule has 0 saturated carbocycles. The van der Waals surface area contributed by atoms with Crippen molar-refractivity contribution < 1.29 is 0 Å². The van der Waals surface area contributed by atoms with Crippen LogP contribution in [0.2, 0.25) is 0 Å². The second-order valence-corrected chi connectivity index (χ2v) is 3.09. The van der Waals surface area contributed by atoms with Crippen molar-refractivity contribution >= 4 is 21.8 Å². The first-order valence-corrected chi connectivity index (χ1v) is 4.38. The molecule has 0 aliphatic heterocycles. The molecule has 14 heavy (non-hydrogen) atoms. The summed E-state index contributed by atoms with van der Waals surface area (Å²) in [5.74, 6) is 0. The van der Waals surface area contributed by atoms with Crippen molar-refractivity contribution in [1.82, 2.24) is 15.0 Å². The average molecular weight is 181 g/mol. The molecule has 3 heteroatoms. The molecule has 0 aromatic carbocycles. The van der Waals surface area contributed by atoms with E-state index in [1.54, 1.807) is 18.6 Å². The van der Waals surface area contributed by atoms with Gasteiger partial charge in [-0.25, -0.2) is 0 Å². The first-order valence-electron chi connectivity index (χ1n) is 4.38. The summed E-state index contributed by atoms with van der Waals surface area (Å²) in [4.78, 5) is 12.7. The SMILES string of the molecule is c1cnc2c(c1)ncc1cnccc12. The Morgan fingerprint density at radius 2 is 1.93 bits per heavy atom. The topological polar surface area (TPSA) is 38.7 Å². The molecule has 0 aliphatic carbocycles. The molecule has 3 rings (SSSR count). The molecule has 0 fully saturated rings. The molecule has 0 bridgehead atoms. The van der Waals surface area contributed by atoms with Gasteiger partial charge in [0.25, 0.3) is 0 Å². The number of rotatable bonds is 0. The van der Waals surface area contributed by atoms with Crippen LogP contribution in [-0.4, -0.2) is 15.0 Å². The Morgan fingerprint density at radius 3 is 2.93 bits per heavy atom. The largest absolute Gasteiger partial charge is 0.264 e. The van der Waals surface area contributed by atoms with Gasteiger partial charge >= 0.3 is 0 Å². The Kier molecular flexibility index (Phi) is 1.44. The normalized spacial score (nSPS) is 10.9. The van der Waals surface area contributed by atoms with Gasteiger partial charge in [0, 0.05) is 35.6 Å². The van der Waals surface area contributed by atoms with Crippen LogP contribution in [0, 0.1) is 0 Å². The van der Waals surface area contributed by atoms with Crippen LogP contribution in [0.3, 0.4) is 0 Å². The average Bonchev–Trinajstić information content (AvgIpc) is 2.29. The third kappa shape index (κ3) is 0.956. The number of pyridine rings is 3. The van der Waals surface area contributed by atoms with Crippen LogP contribution in [0.4, 0.5) is 0 Å². The number of aromatic nitrogens is 3. The lowest BCUT2D eigenvalue weighted by Crippen LogP contribution is -1.84. The van der Waals surface area contributed by atoms with Crippen molar-refractivity contribution in [2.75, 3.05) is 0 Å². The van der Waals surface area contributed by atoms with Crippen LogP contribution in [0.25, 0.3) is 21.8 Å². The van der Waals surface area contributed by atoms with Gasteiger partial charge in [0.1, 0.15) is 0 Å². The zero-order valence-corrected chi connectivity index (χ0v) is 7.38. The monoisotopic (exact) mass is 181 g/mol. The maximum Gasteiger partial charge on any atom is 0.0966 e. The minimum absolute atomic E-state index is 0.922. The molecule has 3 heterocycles. The number of nitrogens with zero attached hydrogens (tertiary/aromatic N) is 3. The molecule has 66 valence electrons. The standard InChI is InChI=1S/C11H7N3/c1-2-10-11(13-4-1)9-3-5-12-6-8(9)7-14-10/h1-7H. The quantitative estimate of drug-likeness (QED) is 0.499. The van der Waals surface area contributed by atoms with E-state index in [9.17, 15) is 0 Å². The highest BCUT2D eigenvalue weighted by molar-refractivity contribution is 6.02. The second-order valence-electron chi connectivity index (χ2n) is 3.09. The lowest BCUT2D eigenvalue weighted by molar-refractivity contribution is 1.32. The summed E-state index contributed by atoms with van der Waals surface area (Å²) in [5, 5.41) is 2.13. The fourth-order valence-electron chi connectivity index (χ4n) is 1.57. The molecule has 0 amide bonds. The molecular weight excluding hydrogens is 174 g/mol. The minimum Gasteiger partial charge on any atom is -0.264 e. The van der Waals surface area contributed by atoms with Crippen molar-refractivity contribution in [3.8, 4) is 0 Å². The van der Waals surface area contributed by atoms with Crippen LogP contribution in [0.15, 0.2) is 43.0 Å². The van der Waals surface area contributed by atoms with Gasteiger partial charge < -0.3 is 0 Å². The third-order valence-corrected chi connectivity index (χ3v) is 2.24. The second kappa shape index (κ2) is 2.73. The smallest absolute Gasteiger partial charge is 0.0966 e. The fraction of sp³-hybridized carbons (Fsp3) is 0. The van der Waals surface area contributed by atoms with E-state index in [0.717, 1.165) is 21.8 Å². The van der Waals surface area contributed by atoms with Gasteiger partial charge in [0.15, 0.2) is 0 Å². The van der Waals surface area contributed by atoms with Crippen molar-refractivity contribution in [2.45, 2.75) is 0 Å². The van der Waals surface area contributed by atoms with E-state index >= 15 is 0 Å². The van der Waals surface area contributed by atoms with Gasteiger partial charge in [-0.2, -0.15) is 0 Å². The summed E-state index contributed by atoms with van der Waals surface area (Å²) in [6.07, 6.45) is 7.18. The minimum atomic E-state index is 0.922. The molecule has 3 aromatic heterocycles. The highest BCUT2D eigenvalue weighted by Gasteiger charge is 2.00. The van der Waals surface area contributed by atoms with E-state index in [1.165, 1.54) is 0 Å². The zero-order chi connectivity index (χ0) is 9.38. The fourth-order valence-corrected chi connectivity index (χ4v) is 1.57. The Hall–Kier alpha value is -2.03. The van der Waals surface area contributed by atoms with Crippen molar-refractivity contribution in [3.63, 3.8) is 0 Å². The van der Waals surface area contributed by atoms with E-state index in [4.69, 9.17) is 0 Å². The van der Waals surface area contributed by atoms with Crippen molar-refractivity contribution in [1.29, 1.82) is 0 Å². The summed E-state index contributed by atoms with van der Waals surface area (Å²) in [6.45, 7) is 0. The van der Waals surface area contributed by atoms with E-state index in [2.05, 4.69) is 15.0 Å². The zero-order valence-electron chi connectivity index (χ0n) is 7.38. The molecule has 0 aliphatic rings. The van der Waals surface area contributed by atoms with Gasteiger partial charge in [-0.15, -0.1) is 0 Å². The predicted molar refractivity (Wildman–Crippen MR) is 54.8 cm³/mol. The molecule has 0 atom stereocenters. The maximum atomic E-state index is 4.32. The molecule has 3 aromatic rings. The van der Waals surface area contributed by atoms with Crippen molar-refractivity contribution in [3.05, 3.63) is 43.0 Å². The van der Waals surface area contributed by atoms with E-state index < -0.39 is 0 Å². The predicted octanol–water partition coefficient (Wildman–Crippen LogP) is 2.18. The van der Waals surface area contributed by atoms with Gasteiger partial charge in [0.2, 0.25) is 0 Å². The third-order valence-electron chi connectivity index (χ3n) is 2.24. The summed E-state index contributed by atoms with van der Waals surface area (Å²) < 4.78 is 0. The molecule has 0 spiro atoms. The number of hydrogen-bond acceptors (Lipinski definition) is 3. The first-order chi connectivity index (χ1) is 6.95. The number of hydrogen-bond donors (Lipinski definition) is 0. The highest BCUT2D eigenvalue weighted by atomic mass is 14.7. The van der Waals surface area contributed by atoms with E-state index in [-0.39, 0.29) is 0 Å². The maximum absolute atomic E-state index is 4.32.